The van der Waals surface area contributed by atoms with Crippen LogP contribution < -0.4 is 15.2 Å². The molecule has 2 fully saturated rings. The summed E-state index contributed by atoms with van der Waals surface area (Å²) < 4.78 is 111. The molecule has 1 aliphatic heterocycles. The van der Waals surface area contributed by atoms with Gasteiger partial charge >= 0.3 is 18.3 Å². The number of rotatable bonds is 16. The van der Waals surface area contributed by atoms with Gasteiger partial charge in [0.2, 0.25) is 5.60 Å². The number of para-hydroxylation sites is 1. The van der Waals surface area contributed by atoms with Crippen LogP contribution in [0.5, 0.6) is 11.5 Å². The van der Waals surface area contributed by atoms with E-state index in [9.17, 15) is 45.8 Å². The number of piperidine rings is 1. The minimum Gasteiger partial charge on any atom is -0.490 e. The van der Waals surface area contributed by atoms with Crippen LogP contribution in [0, 0.1) is 11.2 Å². The number of thiophene rings is 1. The monoisotopic (exact) mass is 844 g/mol. The van der Waals surface area contributed by atoms with Crippen molar-refractivity contribution in [2.45, 2.75) is 108 Å². The van der Waals surface area contributed by atoms with Crippen molar-refractivity contribution in [1.82, 2.24) is 14.8 Å². The Hall–Kier alpha value is -4.45. The number of nitrogens with zero attached hydrogens (tertiary/aromatic N) is 3. The van der Waals surface area contributed by atoms with Crippen LogP contribution in [0.2, 0.25) is 0 Å². The van der Waals surface area contributed by atoms with Crippen LogP contribution in [-0.4, -0.2) is 76.1 Å². The van der Waals surface area contributed by atoms with Gasteiger partial charge in [0.1, 0.15) is 16.3 Å². The number of carboxylic acid groups (broad SMARTS) is 1. The van der Waals surface area contributed by atoms with Gasteiger partial charge in [-0.2, -0.15) is 26.3 Å². The Labute approximate surface area is 335 Å². The quantitative estimate of drug-likeness (QED) is 0.137. The number of alkyl halides is 6. The lowest BCUT2D eigenvalue weighted by molar-refractivity contribution is -0.158. The van der Waals surface area contributed by atoms with Crippen molar-refractivity contribution in [3.63, 3.8) is 0 Å². The highest BCUT2D eigenvalue weighted by Gasteiger charge is 2.56. The number of amides is 2. The lowest BCUT2D eigenvalue weighted by atomic mass is 9.67. The molecule has 2 amide bonds. The number of carbonyl (C=O) groups is 3. The van der Waals surface area contributed by atoms with E-state index in [2.05, 4.69) is 4.98 Å². The van der Waals surface area contributed by atoms with Crippen LogP contribution in [0.4, 0.5) is 30.7 Å². The first-order chi connectivity index (χ1) is 27.2. The summed E-state index contributed by atoms with van der Waals surface area (Å²) in [7, 11) is 1.41. The van der Waals surface area contributed by atoms with E-state index in [1.807, 2.05) is 0 Å². The molecule has 3 aromatic rings. The number of aromatic nitrogens is 1. The first-order valence-electron chi connectivity index (χ1n) is 19.1. The molecule has 2 aromatic heterocycles. The molecule has 10 nitrogen and oxygen atoms in total. The SMILES string of the molecule is CCC[C@H]1N(C(=O)c2ncccc2C(F)(F)F)CCC[C@@]1(Oc1csc(C(F)(F)F)c1)C(=O)N(C)CCC(N)(CC)c1cccc(F)c1OCCC1(C(=O)O)CCC1. The van der Waals surface area contributed by atoms with E-state index >= 15 is 4.39 Å². The largest absolute Gasteiger partial charge is 0.490 e. The number of aliphatic carboxylic acids is 1. The molecule has 1 unspecified atom stereocenters. The third-order valence-electron chi connectivity index (χ3n) is 11.5. The zero-order valence-electron chi connectivity index (χ0n) is 32.3. The molecule has 1 saturated carbocycles. The van der Waals surface area contributed by atoms with E-state index in [0.717, 1.165) is 35.0 Å². The number of likely N-dealkylation sites (N-methyl/N-ethyl adjacent to an activating group) is 1. The van der Waals surface area contributed by atoms with Crippen molar-refractivity contribution in [2.24, 2.45) is 11.1 Å². The third kappa shape index (κ3) is 9.06. The molecular formula is C40H47F7N4O6S. The molecule has 0 spiro atoms. The predicted octanol–water partition coefficient (Wildman–Crippen LogP) is 8.68. The Morgan fingerprint density at radius 1 is 1.03 bits per heavy atom. The van der Waals surface area contributed by atoms with Crippen molar-refractivity contribution < 1.29 is 59.7 Å². The van der Waals surface area contributed by atoms with Gasteiger partial charge in [-0.05, 0) is 63.1 Å². The summed E-state index contributed by atoms with van der Waals surface area (Å²) >= 11 is 0.338. The maximum Gasteiger partial charge on any atom is 0.425 e. The van der Waals surface area contributed by atoms with E-state index in [-0.39, 0.29) is 75.3 Å². The number of pyridine rings is 1. The second kappa shape index (κ2) is 17.4. The average molecular weight is 845 g/mol. The number of benzene rings is 1. The Morgan fingerprint density at radius 3 is 2.33 bits per heavy atom. The van der Waals surface area contributed by atoms with Gasteiger partial charge in [0.05, 0.1) is 23.6 Å². The minimum absolute atomic E-state index is 0.00133. The summed E-state index contributed by atoms with van der Waals surface area (Å²) in [6.07, 6.45) is -6.26. The molecule has 1 aromatic carbocycles. The number of nitrogens with two attached hydrogens (primary N) is 1. The van der Waals surface area contributed by atoms with Crippen LogP contribution >= 0.6 is 11.3 Å². The highest BCUT2D eigenvalue weighted by Crippen LogP contribution is 2.46. The van der Waals surface area contributed by atoms with E-state index in [4.69, 9.17) is 15.2 Å². The van der Waals surface area contributed by atoms with E-state index < -0.39 is 74.7 Å². The summed E-state index contributed by atoms with van der Waals surface area (Å²) in [5, 5.41) is 10.8. The van der Waals surface area contributed by atoms with E-state index in [1.54, 1.807) is 19.9 Å². The molecule has 1 saturated heterocycles. The number of carboxylic acids is 1. The molecule has 0 bridgehead atoms. The van der Waals surface area contributed by atoms with E-state index in [0.29, 0.717) is 36.7 Å². The van der Waals surface area contributed by atoms with Crippen molar-refractivity contribution >= 4 is 29.1 Å². The molecule has 0 radical (unpaired) electrons. The fourth-order valence-corrected chi connectivity index (χ4v) is 8.62. The first-order valence-corrected chi connectivity index (χ1v) is 20.0. The molecular weight excluding hydrogens is 798 g/mol. The van der Waals surface area contributed by atoms with Crippen LogP contribution in [0.15, 0.2) is 48.0 Å². The Bertz CT molecular complexity index is 1950. The molecule has 58 heavy (non-hydrogen) atoms. The van der Waals surface area contributed by atoms with Crippen molar-refractivity contribution in [3.8, 4) is 11.5 Å². The lowest BCUT2D eigenvalue weighted by Crippen LogP contribution is -2.68. The minimum atomic E-state index is -4.94. The van der Waals surface area contributed by atoms with Gasteiger partial charge in [0.15, 0.2) is 11.6 Å². The topological polar surface area (TPSA) is 135 Å². The highest BCUT2D eigenvalue weighted by molar-refractivity contribution is 7.10. The van der Waals surface area contributed by atoms with Gasteiger partial charge < -0.3 is 30.1 Å². The van der Waals surface area contributed by atoms with Gasteiger partial charge in [-0.3, -0.25) is 19.4 Å². The lowest BCUT2D eigenvalue weighted by Gasteiger charge is -2.49. The van der Waals surface area contributed by atoms with Gasteiger partial charge in [-0.25, -0.2) is 4.39 Å². The number of likely N-dealkylation sites (tertiary alicyclic amines) is 1. The first kappa shape index (κ1) is 44.6. The van der Waals surface area contributed by atoms with Crippen molar-refractivity contribution in [2.75, 3.05) is 26.7 Å². The number of ether oxygens (including phenoxy) is 2. The maximum absolute atomic E-state index is 15.4. The van der Waals surface area contributed by atoms with Crippen LogP contribution in [-0.2, 0) is 27.5 Å². The zero-order valence-corrected chi connectivity index (χ0v) is 33.2. The van der Waals surface area contributed by atoms with Crippen molar-refractivity contribution in [1.29, 1.82) is 0 Å². The summed E-state index contributed by atoms with van der Waals surface area (Å²) in [6.45, 7) is 3.18. The second-order valence-electron chi connectivity index (χ2n) is 15.1. The standard InChI is InChI=1S/C40H47F7N4O6S/c1-4-10-29-38(57-25-23-30(58-24-25)40(45,46)47,16-9-20-51(29)33(52)31-26(39(42,43)44)12-7-19-49-31)34(53)50(3)21-17-37(48,5-2)27-11-6-13-28(41)32(27)56-22-18-36(35(54)55)14-8-15-36/h6-7,11-13,19,23-24,29H,4-5,8-10,14-18,20-22,48H2,1-3H3,(H,54,55)/t29-,37?,38+/m1/s1. The number of hydrogen-bond acceptors (Lipinski definition) is 8. The second-order valence-corrected chi connectivity index (χ2v) is 16.0. The molecule has 2 aliphatic rings. The van der Waals surface area contributed by atoms with Crippen LogP contribution in [0.1, 0.15) is 105 Å². The summed E-state index contributed by atoms with van der Waals surface area (Å²) in [4.78, 5) is 46.0. The van der Waals surface area contributed by atoms with Gasteiger partial charge in [0.25, 0.3) is 11.8 Å². The summed E-state index contributed by atoms with van der Waals surface area (Å²) in [5.74, 6) is -4.00. The number of carbonyl (C=O) groups excluding carboxylic acids is 2. The Morgan fingerprint density at radius 2 is 1.74 bits per heavy atom. The Kier molecular flexibility index (Phi) is 13.4. The van der Waals surface area contributed by atoms with E-state index in [1.165, 1.54) is 24.1 Å². The predicted molar refractivity (Wildman–Crippen MR) is 200 cm³/mol. The average Bonchev–Trinajstić information content (AvgIpc) is 3.64. The molecule has 5 rings (SSSR count). The zero-order chi connectivity index (χ0) is 42.7. The van der Waals surface area contributed by atoms with Crippen LogP contribution in [0.3, 0.4) is 0 Å². The number of hydrogen-bond donors (Lipinski definition) is 2. The molecule has 318 valence electrons. The smallest absolute Gasteiger partial charge is 0.425 e. The number of halogens is 7. The van der Waals surface area contributed by atoms with Gasteiger partial charge in [-0.1, -0.05) is 38.8 Å². The molecule has 1 aliphatic carbocycles. The molecule has 3 heterocycles. The summed E-state index contributed by atoms with van der Waals surface area (Å²) in [5.41, 5.74) is 0.713. The fraction of sp³-hybridized carbons (Fsp3) is 0.550. The third-order valence-corrected chi connectivity index (χ3v) is 12.4. The highest BCUT2D eigenvalue weighted by atomic mass is 32.1. The molecule has 3 N–H and O–H groups in total. The Balaban J connectivity index is 1.47. The van der Waals surface area contributed by atoms with Gasteiger partial charge in [-0.15, -0.1) is 11.3 Å². The molecule has 18 heteroatoms. The van der Waals surface area contributed by atoms with Crippen molar-refractivity contribution in [3.05, 3.63) is 75.5 Å². The maximum atomic E-state index is 15.4. The summed E-state index contributed by atoms with van der Waals surface area (Å²) in [6, 6.07) is 5.46. The van der Waals surface area contributed by atoms with Gasteiger partial charge in [0, 0.05) is 55.3 Å². The normalized spacial score (nSPS) is 20.5. The molecule has 3 atom stereocenters. The van der Waals surface area contributed by atoms with Crippen LogP contribution in [0.25, 0.3) is 0 Å². The fourth-order valence-electron chi connectivity index (χ4n) is 7.94.